The highest BCUT2D eigenvalue weighted by atomic mass is 16.3. The lowest BCUT2D eigenvalue weighted by molar-refractivity contribution is -0.131. The summed E-state index contributed by atoms with van der Waals surface area (Å²) in [5, 5.41) is 3.46. The highest BCUT2D eigenvalue weighted by Crippen LogP contribution is 2.17. The summed E-state index contributed by atoms with van der Waals surface area (Å²) in [5.41, 5.74) is 1.25. The van der Waals surface area contributed by atoms with Gasteiger partial charge in [0.25, 0.3) is 0 Å². The summed E-state index contributed by atoms with van der Waals surface area (Å²) >= 11 is 0. The normalized spacial score (nSPS) is 15.2. The molecule has 1 aliphatic carbocycles. The van der Waals surface area contributed by atoms with Crippen molar-refractivity contribution in [2.24, 2.45) is 0 Å². The van der Waals surface area contributed by atoms with Crippen LogP contribution in [0.2, 0.25) is 0 Å². The van der Waals surface area contributed by atoms with Crippen LogP contribution in [0.5, 0.6) is 0 Å². The fourth-order valence-electron chi connectivity index (χ4n) is 3.44. The Hall–Kier alpha value is -2.07. The van der Waals surface area contributed by atoms with Crippen molar-refractivity contribution < 1.29 is 9.21 Å². The van der Waals surface area contributed by atoms with Gasteiger partial charge in [0.2, 0.25) is 5.91 Å². The molecule has 1 amide bonds. The van der Waals surface area contributed by atoms with Gasteiger partial charge < -0.3 is 14.6 Å². The molecule has 3 rings (SSSR count). The van der Waals surface area contributed by atoms with Gasteiger partial charge in [0.15, 0.2) is 0 Å². The van der Waals surface area contributed by atoms with Gasteiger partial charge in [-0.05, 0) is 37.0 Å². The van der Waals surface area contributed by atoms with Gasteiger partial charge in [-0.2, -0.15) is 0 Å². The van der Waals surface area contributed by atoms with Crippen molar-refractivity contribution in [2.75, 3.05) is 13.1 Å². The molecule has 0 saturated heterocycles. The molecule has 134 valence electrons. The van der Waals surface area contributed by atoms with Crippen LogP contribution in [0.1, 0.15) is 43.4 Å². The second-order valence-electron chi connectivity index (χ2n) is 6.85. The molecule has 0 spiro atoms. The molecule has 0 unspecified atom stereocenters. The van der Waals surface area contributed by atoms with E-state index in [0.717, 1.165) is 12.2 Å². The Balaban J connectivity index is 1.55. The minimum absolute atomic E-state index is 0.151. The zero-order valence-corrected chi connectivity index (χ0v) is 14.8. The fourth-order valence-corrected chi connectivity index (χ4v) is 3.44. The summed E-state index contributed by atoms with van der Waals surface area (Å²) in [5.74, 6) is 0.983. The third-order valence-corrected chi connectivity index (χ3v) is 4.94. The number of nitrogens with one attached hydrogen (secondary N) is 1. The van der Waals surface area contributed by atoms with Crippen LogP contribution >= 0.6 is 0 Å². The zero-order valence-electron chi connectivity index (χ0n) is 14.8. The third kappa shape index (κ3) is 5.75. The molecule has 0 bridgehead atoms. The average Bonchev–Trinajstić information content (AvgIpc) is 3.18. The van der Waals surface area contributed by atoms with Gasteiger partial charge in [-0.15, -0.1) is 0 Å². The van der Waals surface area contributed by atoms with Gasteiger partial charge in [0.1, 0.15) is 5.76 Å². The van der Waals surface area contributed by atoms with Crippen LogP contribution in [0, 0.1) is 0 Å². The van der Waals surface area contributed by atoms with E-state index in [0.29, 0.717) is 25.7 Å². The van der Waals surface area contributed by atoms with E-state index >= 15 is 0 Å². The summed E-state index contributed by atoms with van der Waals surface area (Å²) in [7, 11) is 0. The standard InChI is InChI=1S/C21H28N2O2/c24-21(16-22-19-10-5-2-6-11-19)23(17-20-12-7-15-25-20)14-13-18-8-3-1-4-9-18/h1,3-4,7-9,12,15,19,22H,2,5-6,10-11,13-14,16-17H2. The van der Waals surface area contributed by atoms with Crippen molar-refractivity contribution in [3.63, 3.8) is 0 Å². The first-order chi connectivity index (χ1) is 12.3. The number of furan rings is 1. The first kappa shape index (κ1) is 17.7. The quantitative estimate of drug-likeness (QED) is 0.795. The molecule has 0 radical (unpaired) electrons. The minimum atomic E-state index is 0.151. The van der Waals surface area contributed by atoms with Gasteiger partial charge in [0, 0.05) is 12.6 Å². The summed E-state index contributed by atoms with van der Waals surface area (Å²) in [4.78, 5) is 14.7. The molecule has 1 fully saturated rings. The summed E-state index contributed by atoms with van der Waals surface area (Å²) in [6, 6.07) is 14.6. The molecule has 1 aromatic carbocycles. The molecular weight excluding hydrogens is 312 g/mol. The maximum Gasteiger partial charge on any atom is 0.236 e. The number of carbonyl (C=O) groups is 1. The first-order valence-electron chi connectivity index (χ1n) is 9.39. The predicted molar refractivity (Wildman–Crippen MR) is 99.1 cm³/mol. The van der Waals surface area contributed by atoms with E-state index in [2.05, 4.69) is 17.4 Å². The van der Waals surface area contributed by atoms with E-state index < -0.39 is 0 Å². The van der Waals surface area contributed by atoms with Crippen LogP contribution in [0.4, 0.5) is 0 Å². The first-order valence-corrected chi connectivity index (χ1v) is 9.39. The van der Waals surface area contributed by atoms with Crippen molar-refractivity contribution in [1.29, 1.82) is 0 Å². The van der Waals surface area contributed by atoms with E-state index in [1.54, 1.807) is 6.26 Å². The molecule has 1 aliphatic rings. The highest BCUT2D eigenvalue weighted by molar-refractivity contribution is 5.78. The lowest BCUT2D eigenvalue weighted by Gasteiger charge is -2.26. The zero-order chi connectivity index (χ0) is 17.3. The van der Waals surface area contributed by atoms with Crippen molar-refractivity contribution >= 4 is 5.91 Å². The van der Waals surface area contributed by atoms with E-state index in [-0.39, 0.29) is 5.91 Å². The molecule has 0 aliphatic heterocycles. The summed E-state index contributed by atoms with van der Waals surface area (Å²) < 4.78 is 5.45. The lowest BCUT2D eigenvalue weighted by atomic mass is 9.95. The number of nitrogens with zero attached hydrogens (tertiary/aromatic N) is 1. The van der Waals surface area contributed by atoms with Crippen molar-refractivity contribution in [2.45, 2.75) is 51.1 Å². The Morgan fingerprint density at radius 3 is 2.60 bits per heavy atom. The van der Waals surface area contributed by atoms with E-state index in [4.69, 9.17) is 4.42 Å². The topological polar surface area (TPSA) is 45.5 Å². The van der Waals surface area contributed by atoms with Crippen LogP contribution in [-0.2, 0) is 17.8 Å². The second-order valence-corrected chi connectivity index (χ2v) is 6.85. The number of hydrogen-bond acceptors (Lipinski definition) is 3. The van der Waals surface area contributed by atoms with Crippen LogP contribution < -0.4 is 5.32 Å². The Morgan fingerprint density at radius 2 is 1.88 bits per heavy atom. The maximum atomic E-state index is 12.8. The van der Waals surface area contributed by atoms with E-state index in [1.165, 1.54) is 37.7 Å². The molecule has 25 heavy (non-hydrogen) atoms. The SMILES string of the molecule is O=C(CNC1CCCCC1)N(CCc1ccccc1)Cc1ccco1. The van der Waals surface area contributed by atoms with Crippen LogP contribution in [0.25, 0.3) is 0 Å². The van der Waals surface area contributed by atoms with E-state index in [1.807, 2.05) is 35.2 Å². The van der Waals surface area contributed by atoms with Gasteiger partial charge in [-0.3, -0.25) is 4.79 Å². The van der Waals surface area contributed by atoms with Gasteiger partial charge in [-0.25, -0.2) is 0 Å². The molecular formula is C21H28N2O2. The molecule has 1 aromatic heterocycles. The molecule has 4 nitrogen and oxygen atoms in total. The third-order valence-electron chi connectivity index (χ3n) is 4.94. The number of carbonyl (C=O) groups excluding carboxylic acids is 1. The minimum Gasteiger partial charge on any atom is -0.467 e. The van der Waals surface area contributed by atoms with Gasteiger partial charge >= 0.3 is 0 Å². The largest absolute Gasteiger partial charge is 0.467 e. The molecule has 1 N–H and O–H groups in total. The molecule has 1 heterocycles. The number of amides is 1. The van der Waals surface area contributed by atoms with Crippen molar-refractivity contribution in [3.05, 3.63) is 60.1 Å². The van der Waals surface area contributed by atoms with Crippen molar-refractivity contribution in [1.82, 2.24) is 10.2 Å². The van der Waals surface area contributed by atoms with Crippen LogP contribution in [0.15, 0.2) is 53.1 Å². The molecule has 4 heteroatoms. The van der Waals surface area contributed by atoms with Gasteiger partial charge in [0.05, 0.1) is 19.4 Å². The Labute approximate surface area is 150 Å². The monoisotopic (exact) mass is 340 g/mol. The molecule has 0 atom stereocenters. The number of hydrogen-bond donors (Lipinski definition) is 1. The van der Waals surface area contributed by atoms with E-state index in [9.17, 15) is 4.79 Å². The lowest BCUT2D eigenvalue weighted by Crippen LogP contribution is -2.42. The average molecular weight is 340 g/mol. The smallest absolute Gasteiger partial charge is 0.236 e. The fraction of sp³-hybridized carbons (Fsp3) is 0.476. The molecule has 1 saturated carbocycles. The van der Waals surface area contributed by atoms with Gasteiger partial charge in [-0.1, -0.05) is 49.6 Å². The Morgan fingerprint density at radius 1 is 1.08 bits per heavy atom. The Kier molecular flexibility index (Phi) is 6.69. The summed E-state index contributed by atoms with van der Waals surface area (Å²) in [6.07, 6.45) is 8.77. The molecule has 2 aromatic rings. The Bertz CT molecular complexity index is 619. The van der Waals surface area contributed by atoms with Crippen LogP contribution in [-0.4, -0.2) is 29.9 Å². The van der Waals surface area contributed by atoms with Crippen LogP contribution in [0.3, 0.4) is 0 Å². The highest BCUT2D eigenvalue weighted by Gasteiger charge is 2.18. The maximum absolute atomic E-state index is 12.8. The number of rotatable bonds is 8. The van der Waals surface area contributed by atoms with Crippen molar-refractivity contribution in [3.8, 4) is 0 Å². The second kappa shape index (κ2) is 9.42. The number of benzene rings is 1. The summed E-state index contributed by atoms with van der Waals surface area (Å²) in [6.45, 7) is 1.65. The predicted octanol–water partition coefficient (Wildman–Crippen LogP) is 3.77.